The van der Waals surface area contributed by atoms with Crippen molar-refractivity contribution in [1.82, 2.24) is 0 Å². The van der Waals surface area contributed by atoms with Crippen LogP contribution in [0.5, 0.6) is 5.75 Å². The van der Waals surface area contributed by atoms with Crippen LogP contribution < -0.4 is 10.5 Å². The van der Waals surface area contributed by atoms with E-state index in [9.17, 15) is 10.1 Å². The highest BCUT2D eigenvalue weighted by Gasteiger charge is 2.20. The van der Waals surface area contributed by atoms with Gasteiger partial charge in [-0.25, -0.2) is 0 Å². The van der Waals surface area contributed by atoms with Gasteiger partial charge in [0.1, 0.15) is 11.4 Å². The van der Waals surface area contributed by atoms with E-state index in [2.05, 4.69) is 0 Å². The van der Waals surface area contributed by atoms with Gasteiger partial charge in [-0.15, -0.1) is 0 Å². The maximum Gasteiger partial charge on any atom is 0.292 e. The normalized spacial score (nSPS) is 14.8. The summed E-state index contributed by atoms with van der Waals surface area (Å²) in [6.07, 6.45) is 3.65. The van der Waals surface area contributed by atoms with Crippen LogP contribution in [0.15, 0.2) is 18.2 Å². The molecule has 0 heterocycles. The Morgan fingerprint density at radius 3 is 2.81 bits per heavy atom. The molecule has 86 valence electrons. The van der Waals surface area contributed by atoms with Gasteiger partial charge < -0.3 is 10.5 Å². The van der Waals surface area contributed by atoms with Gasteiger partial charge >= 0.3 is 0 Å². The van der Waals surface area contributed by atoms with Crippen molar-refractivity contribution in [1.29, 1.82) is 0 Å². The van der Waals surface area contributed by atoms with Gasteiger partial charge in [-0.05, 0) is 18.4 Å². The molecule has 0 unspecified atom stereocenters. The Bertz CT molecular complexity index is 402. The molecule has 1 fully saturated rings. The molecule has 0 bridgehead atoms. The Balaban J connectivity index is 1.93. The summed E-state index contributed by atoms with van der Waals surface area (Å²) in [5.74, 6) is 1.42. The monoisotopic (exact) mass is 222 g/mol. The minimum absolute atomic E-state index is 0.0745. The summed E-state index contributed by atoms with van der Waals surface area (Å²) in [4.78, 5) is 10.0. The minimum atomic E-state index is -0.497. The van der Waals surface area contributed by atoms with Crippen LogP contribution in [0.2, 0.25) is 0 Å². The molecule has 1 saturated carbocycles. The predicted molar refractivity (Wildman–Crippen MR) is 60.3 cm³/mol. The van der Waals surface area contributed by atoms with Crippen molar-refractivity contribution in [2.75, 3.05) is 12.3 Å². The smallest absolute Gasteiger partial charge is 0.292 e. The van der Waals surface area contributed by atoms with E-state index in [0.29, 0.717) is 12.4 Å². The lowest BCUT2D eigenvalue weighted by atomic mass is 10.2. The Morgan fingerprint density at radius 2 is 2.25 bits per heavy atom. The second-order valence-corrected chi connectivity index (χ2v) is 4.06. The molecule has 5 heteroatoms. The highest BCUT2D eigenvalue weighted by molar-refractivity contribution is 5.60. The summed E-state index contributed by atoms with van der Waals surface area (Å²) in [5, 5.41) is 10.5. The fourth-order valence-electron chi connectivity index (χ4n) is 1.54. The van der Waals surface area contributed by atoms with Crippen LogP contribution in [-0.2, 0) is 0 Å². The second-order valence-electron chi connectivity index (χ2n) is 4.06. The van der Waals surface area contributed by atoms with Crippen molar-refractivity contribution in [3.8, 4) is 5.75 Å². The van der Waals surface area contributed by atoms with Crippen molar-refractivity contribution in [3.05, 3.63) is 28.3 Å². The van der Waals surface area contributed by atoms with Crippen molar-refractivity contribution in [2.24, 2.45) is 5.92 Å². The van der Waals surface area contributed by atoms with E-state index in [-0.39, 0.29) is 11.4 Å². The standard InChI is InChI=1S/C11H14N2O3/c12-10-7-9(3-4-11(10)13(14)15)16-6-5-8-1-2-8/h3-4,7-8H,1-2,5-6,12H2. The zero-order chi connectivity index (χ0) is 11.5. The predicted octanol–water partition coefficient (Wildman–Crippen LogP) is 2.36. The summed E-state index contributed by atoms with van der Waals surface area (Å²) in [7, 11) is 0. The first kappa shape index (κ1) is 10.7. The highest BCUT2D eigenvalue weighted by Crippen LogP contribution is 2.32. The number of hydrogen-bond donors (Lipinski definition) is 1. The molecule has 1 aliphatic rings. The van der Waals surface area contributed by atoms with Gasteiger partial charge in [0.25, 0.3) is 5.69 Å². The molecular formula is C11H14N2O3. The third kappa shape index (κ3) is 2.62. The number of nitro groups is 1. The number of benzene rings is 1. The third-order valence-electron chi connectivity index (χ3n) is 2.69. The van der Waals surface area contributed by atoms with Crippen LogP contribution in [0.4, 0.5) is 11.4 Å². The molecule has 1 aromatic rings. The second kappa shape index (κ2) is 4.38. The summed E-state index contributed by atoms with van der Waals surface area (Å²) >= 11 is 0. The summed E-state index contributed by atoms with van der Waals surface area (Å²) in [6.45, 7) is 0.655. The molecule has 0 aliphatic heterocycles. The van der Waals surface area contributed by atoms with Crippen molar-refractivity contribution in [3.63, 3.8) is 0 Å². The van der Waals surface area contributed by atoms with Crippen molar-refractivity contribution >= 4 is 11.4 Å². The van der Waals surface area contributed by atoms with Crippen molar-refractivity contribution < 1.29 is 9.66 Å². The van der Waals surface area contributed by atoms with Gasteiger partial charge in [-0.1, -0.05) is 12.8 Å². The number of rotatable bonds is 5. The van der Waals surface area contributed by atoms with Gasteiger partial charge in [-0.2, -0.15) is 0 Å². The zero-order valence-corrected chi connectivity index (χ0v) is 8.89. The molecule has 16 heavy (non-hydrogen) atoms. The number of nitrogen functional groups attached to an aromatic ring is 1. The van der Waals surface area contributed by atoms with Gasteiger partial charge in [-0.3, -0.25) is 10.1 Å². The van der Waals surface area contributed by atoms with E-state index < -0.39 is 4.92 Å². The third-order valence-corrected chi connectivity index (χ3v) is 2.69. The first-order chi connectivity index (χ1) is 7.66. The molecular weight excluding hydrogens is 208 g/mol. The molecule has 0 atom stereocenters. The molecule has 5 nitrogen and oxygen atoms in total. The molecule has 0 amide bonds. The minimum Gasteiger partial charge on any atom is -0.494 e. The Morgan fingerprint density at radius 1 is 1.50 bits per heavy atom. The first-order valence-corrected chi connectivity index (χ1v) is 5.33. The van der Waals surface area contributed by atoms with Gasteiger partial charge in [0.15, 0.2) is 0 Å². The van der Waals surface area contributed by atoms with E-state index in [4.69, 9.17) is 10.5 Å². The number of hydrogen-bond acceptors (Lipinski definition) is 4. The number of nitrogens with two attached hydrogens (primary N) is 1. The quantitative estimate of drug-likeness (QED) is 0.471. The highest BCUT2D eigenvalue weighted by atomic mass is 16.6. The Labute approximate surface area is 93.4 Å². The Hall–Kier alpha value is -1.78. The van der Waals surface area contributed by atoms with Crippen molar-refractivity contribution in [2.45, 2.75) is 19.3 Å². The van der Waals surface area contributed by atoms with Gasteiger partial charge in [0, 0.05) is 12.1 Å². The van der Waals surface area contributed by atoms with Crippen LogP contribution >= 0.6 is 0 Å². The summed E-state index contributed by atoms with van der Waals surface area (Å²) in [5.41, 5.74) is 5.62. The Kier molecular flexibility index (Phi) is 2.94. The molecule has 0 spiro atoms. The number of nitrogens with zero attached hydrogens (tertiary/aromatic N) is 1. The van der Waals surface area contributed by atoms with E-state index in [1.807, 2.05) is 0 Å². The molecule has 2 N–H and O–H groups in total. The molecule has 1 aromatic carbocycles. The summed E-state index contributed by atoms with van der Waals surface area (Å²) < 4.78 is 5.47. The molecule has 2 rings (SSSR count). The van der Waals surface area contributed by atoms with E-state index in [1.54, 1.807) is 6.07 Å². The maximum absolute atomic E-state index is 10.5. The van der Waals surface area contributed by atoms with Crippen LogP contribution in [0.1, 0.15) is 19.3 Å². The number of nitro benzene ring substituents is 1. The number of anilines is 1. The lowest BCUT2D eigenvalue weighted by molar-refractivity contribution is -0.383. The van der Waals surface area contributed by atoms with Gasteiger partial charge in [0.2, 0.25) is 0 Å². The summed E-state index contributed by atoms with van der Waals surface area (Å²) in [6, 6.07) is 4.47. The topological polar surface area (TPSA) is 78.4 Å². The van der Waals surface area contributed by atoms with E-state index in [1.165, 1.54) is 25.0 Å². The molecule has 0 radical (unpaired) electrons. The van der Waals surface area contributed by atoms with Gasteiger partial charge in [0.05, 0.1) is 11.5 Å². The lowest BCUT2D eigenvalue weighted by Gasteiger charge is -2.06. The maximum atomic E-state index is 10.5. The average Bonchev–Trinajstić information content (AvgIpc) is 3.01. The fraction of sp³-hybridized carbons (Fsp3) is 0.455. The largest absolute Gasteiger partial charge is 0.494 e. The number of ether oxygens (including phenoxy) is 1. The van der Waals surface area contributed by atoms with Crippen LogP contribution in [0.3, 0.4) is 0 Å². The van der Waals surface area contributed by atoms with Crippen LogP contribution in [-0.4, -0.2) is 11.5 Å². The first-order valence-electron chi connectivity index (χ1n) is 5.33. The van der Waals surface area contributed by atoms with E-state index in [0.717, 1.165) is 12.3 Å². The SMILES string of the molecule is Nc1cc(OCCC2CC2)ccc1[N+](=O)[O-]. The van der Waals surface area contributed by atoms with E-state index >= 15 is 0 Å². The molecule has 1 aliphatic carbocycles. The molecule has 0 aromatic heterocycles. The zero-order valence-electron chi connectivity index (χ0n) is 8.89. The lowest BCUT2D eigenvalue weighted by Crippen LogP contribution is -2.00. The van der Waals surface area contributed by atoms with Crippen LogP contribution in [0.25, 0.3) is 0 Å². The van der Waals surface area contributed by atoms with Crippen LogP contribution in [0, 0.1) is 16.0 Å². The average molecular weight is 222 g/mol. The fourth-order valence-corrected chi connectivity index (χ4v) is 1.54. The molecule has 0 saturated heterocycles.